The van der Waals surface area contributed by atoms with Crippen molar-refractivity contribution in [3.8, 4) is 17.2 Å². The Labute approximate surface area is 151 Å². The summed E-state index contributed by atoms with van der Waals surface area (Å²) in [5, 5.41) is 8.53. The standard InChI is InChI=1S/C13H14O4.C7H6O2/c1-17-12-5-2-10(3-6-12)8-11(9-14)4-7-13(15)16;1-2-4-7-6(3-1)8-5-9-7/h2-3,5-6H,4,7-8H2,1H3,(H,15,16);1-4H,5H2. The van der Waals surface area contributed by atoms with Gasteiger partial charge in [-0.1, -0.05) is 24.3 Å². The van der Waals surface area contributed by atoms with Crippen LogP contribution in [0.5, 0.6) is 17.2 Å². The van der Waals surface area contributed by atoms with E-state index in [0.29, 0.717) is 18.8 Å². The van der Waals surface area contributed by atoms with E-state index in [0.717, 1.165) is 22.8 Å². The highest BCUT2D eigenvalue weighted by molar-refractivity contribution is 5.68. The van der Waals surface area contributed by atoms with Crippen LogP contribution in [0.4, 0.5) is 0 Å². The molecule has 2 aromatic rings. The Morgan fingerprint density at radius 3 is 2.19 bits per heavy atom. The van der Waals surface area contributed by atoms with E-state index in [2.05, 4.69) is 0 Å². The zero-order valence-corrected chi connectivity index (χ0v) is 14.4. The van der Waals surface area contributed by atoms with E-state index in [1.54, 1.807) is 25.2 Å². The third-order valence-corrected chi connectivity index (χ3v) is 3.64. The molecule has 0 spiro atoms. The lowest BCUT2D eigenvalue weighted by Crippen LogP contribution is -1.98. The number of methoxy groups -OCH3 is 1. The summed E-state index contributed by atoms with van der Waals surface area (Å²) in [6, 6.07) is 14.9. The van der Waals surface area contributed by atoms with Crippen LogP contribution in [0.1, 0.15) is 18.4 Å². The Hall–Kier alpha value is -3.24. The van der Waals surface area contributed by atoms with Crippen molar-refractivity contribution in [2.75, 3.05) is 13.9 Å². The molecule has 1 aliphatic rings. The molecule has 0 atom stereocenters. The number of carbonyl (C=O) groups is 1. The summed E-state index contributed by atoms with van der Waals surface area (Å²) in [4.78, 5) is 21.1. The molecule has 136 valence electrons. The van der Waals surface area contributed by atoms with Crippen molar-refractivity contribution in [1.29, 1.82) is 0 Å². The second kappa shape index (κ2) is 9.91. The van der Waals surface area contributed by atoms with Gasteiger partial charge < -0.3 is 19.3 Å². The zero-order valence-electron chi connectivity index (χ0n) is 14.4. The molecule has 1 aliphatic heterocycles. The van der Waals surface area contributed by atoms with E-state index >= 15 is 0 Å². The molecule has 1 N–H and O–H groups in total. The summed E-state index contributed by atoms with van der Waals surface area (Å²) >= 11 is 0. The molecule has 2 aromatic carbocycles. The van der Waals surface area contributed by atoms with Crippen LogP contribution in [0.3, 0.4) is 0 Å². The molecule has 0 amide bonds. The highest BCUT2D eigenvalue weighted by Gasteiger charge is 2.09. The van der Waals surface area contributed by atoms with Gasteiger partial charge in [0.15, 0.2) is 11.5 Å². The average molecular weight is 356 g/mol. The van der Waals surface area contributed by atoms with Crippen LogP contribution >= 0.6 is 0 Å². The molecule has 3 rings (SSSR count). The van der Waals surface area contributed by atoms with Crippen LogP contribution < -0.4 is 14.2 Å². The number of carbonyl (C=O) groups excluding carboxylic acids is 1. The Bertz CT molecular complexity index is 752. The molecule has 0 aromatic heterocycles. The van der Waals surface area contributed by atoms with E-state index in [1.807, 2.05) is 36.4 Å². The van der Waals surface area contributed by atoms with E-state index in [-0.39, 0.29) is 12.8 Å². The molecule has 0 fully saturated rings. The molecule has 6 nitrogen and oxygen atoms in total. The van der Waals surface area contributed by atoms with Crippen LogP contribution in [-0.2, 0) is 16.0 Å². The van der Waals surface area contributed by atoms with Crippen LogP contribution in [0.2, 0.25) is 0 Å². The average Bonchev–Trinajstić information content (AvgIpc) is 3.15. The van der Waals surface area contributed by atoms with Crippen LogP contribution in [0.15, 0.2) is 54.1 Å². The van der Waals surface area contributed by atoms with Gasteiger partial charge in [-0.25, -0.2) is 4.79 Å². The van der Waals surface area contributed by atoms with E-state index in [4.69, 9.17) is 19.3 Å². The summed E-state index contributed by atoms with van der Waals surface area (Å²) in [5.74, 6) is 3.33. The minimum Gasteiger partial charge on any atom is -0.497 e. The fourth-order valence-corrected chi connectivity index (χ4v) is 2.27. The lowest BCUT2D eigenvalue weighted by atomic mass is 10.0. The number of carboxylic acids is 1. The first kappa shape index (κ1) is 19.1. The smallest absolute Gasteiger partial charge is 0.303 e. The maximum atomic E-state index is 10.7. The lowest BCUT2D eigenvalue weighted by Gasteiger charge is -2.04. The minimum absolute atomic E-state index is 0.0409. The summed E-state index contributed by atoms with van der Waals surface area (Å²) in [5.41, 5.74) is 1.41. The number of benzene rings is 2. The van der Waals surface area contributed by atoms with Gasteiger partial charge in [0.25, 0.3) is 0 Å². The molecule has 0 aliphatic carbocycles. The number of ether oxygens (including phenoxy) is 3. The molecule has 6 heteroatoms. The SMILES string of the molecule is COc1ccc(CC(=C=O)CCC(=O)O)cc1.c1ccc2c(c1)OCO2. The lowest BCUT2D eigenvalue weighted by molar-refractivity contribution is -0.136. The maximum Gasteiger partial charge on any atom is 0.303 e. The fraction of sp³-hybridized carbons (Fsp3) is 0.250. The van der Waals surface area contributed by atoms with E-state index < -0.39 is 5.97 Å². The number of allylic oxidation sites excluding steroid dienone is 1. The summed E-state index contributed by atoms with van der Waals surface area (Å²) in [6.07, 6.45) is 0.631. The van der Waals surface area contributed by atoms with Crippen LogP contribution in [0.25, 0.3) is 0 Å². The third-order valence-electron chi connectivity index (χ3n) is 3.64. The van der Waals surface area contributed by atoms with E-state index in [1.165, 1.54) is 0 Å². The Morgan fingerprint density at radius 2 is 1.69 bits per heavy atom. The predicted molar refractivity (Wildman–Crippen MR) is 95.3 cm³/mol. The van der Waals surface area contributed by atoms with Crippen molar-refractivity contribution in [2.24, 2.45) is 0 Å². The molecule has 0 saturated heterocycles. The Kier molecular flexibility index (Phi) is 7.28. The number of para-hydroxylation sites is 2. The van der Waals surface area contributed by atoms with Gasteiger partial charge in [0.2, 0.25) is 6.79 Å². The minimum atomic E-state index is -0.910. The first-order valence-corrected chi connectivity index (χ1v) is 8.04. The van der Waals surface area contributed by atoms with Crippen molar-refractivity contribution in [2.45, 2.75) is 19.3 Å². The second-order valence-electron chi connectivity index (χ2n) is 5.48. The number of aliphatic carboxylic acids is 1. The van der Waals surface area contributed by atoms with Crippen molar-refractivity contribution in [1.82, 2.24) is 0 Å². The van der Waals surface area contributed by atoms with E-state index in [9.17, 15) is 9.59 Å². The maximum absolute atomic E-state index is 10.7. The molecule has 0 unspecified atom stereocenters. The predicted octanol–water partition coefficient (Wildman–Crippen LogP) is 3.28. The first-order valence-electron chi connectivity index (χ1n) is 8.04. The van der Waals surface area contributed by atoms with Gasteiger partial charge in [-0.15, -0.1) is 0 Å². The molecule has 26 heavy (non-hydrogen) atoms. The van der Waals surface area contributed by atoms with Crippen molar-refractivity contribution < 1.29 is 28.9 Å². The summed E-state index contributed by atoms with van der Waals surface area (Å²) in [7, 11) is 1.58. The third kappa shape index (κ3) is 6.00. The van der Waals surface area contributed by atoms with Gasteiger partial charge in [-0.3, -0.25) is 4.79 Å². The molecule has 1 heterocycles. The number of fused-ring (bicyclic) bond motifs is 1. The molecular weight excluding hydrogens is 336 g/mol. The summed E-state index contributed by atoms with van der Waals surface area (Å²) in [6.45, 7) is 0.360. The van der Waals surface area contributed by atoms with Gasteiger partial charge in [0.05, 0.1) is 7.11 Å². The Morgan fingerprint density at radius 1 is 1.08 bits per heavy atom. The second-order valence-corrected chi connectivity index (χ2v) is 5.48. The summed E-state index contributed by atoms with van der Waals surface area (Å²) < 4.78 is 15.2. The quantitative estimate of drug-likeness (QED) is 0.800. The van der Waals surface area contributed by atoms with Gasteiger partial charge >= 0.3 is 5.97 Å². The molecule has 0 saturated carbocycles. The van der Waals surface area contributed by atoms with Gasteiger partial charge in [-0.05, 0) is 36.2 Å². The largest absolute Gasteiger partial charge is 0.497 e. The molecule has 0 radical (unpaired) electrons. The Balaban J connectivity index is 0.000000223. The van der Waals surface area contributed by atoms with Gasteiger partial charge in [0, 0.05) is 18.4 Å². The van der Waals surface area contributed by atoms with Gasteiger partial charge in [0.1, 0.15) is 11.7 Å². The van der Waals surface area contributed by atoms with Crippen molar-refractivity contribution >= 4 is 11.9 Å². The number of rotatable bonds is 6. The fourth-order valence-electron chi connectivity index (χ4n) is 2.27. The monoisotopic (exact) mass is 356 g/mol. The topological polar surface area (TPSA) is 82.1 Å². The van der Waals surface area contributed by atoms with Crippen LogP contribution in [0, 0.1) is 0 Å². The van der Waals surface area contributed by atoms with Gasteiger partial charge in [-0.2, -0.15) is 0 Å². The number of carboxylic acid groups (broad SMARTS) is 1. The normalized spacial score (nSPS) is 11.0. The highest BCUT2D eigenvalue weighted by atomic mass is 16.7. The number of hydrogen-bond acceptors (Lipinski definition) is 5. The van der Waals surface area contributed by atoms with Crippen molar-refractivity contribution in [3.63, 3.8) is 0 Å². The highest BCUT2D eigenvalue weighted by Crippen LogP contribution is 2.30. The number of hydrogen-bond donors (Lipinski definition) is 1. The zero-order chi connectivity index (χ0) is 18.8. The molecule has 0 bridgehead atoms. The first-order chi connectivity index (χ1) is 12.6. The molecular formula is C20H20O6. The van der Waals surface area contributed by atoms with Crippen LogP contribution in [-0.4, -0.2) is 30.9 Å². The van der Waals surface area contributed by atoms with Crippen molar-refractivity contribution in [3.05, 3.63) is 59.7 Å².